The van der Waals surface area contributed by atoms with E-state index in [0.29, 0.717) is 12.0 Å². The number of aromatic nitrogens is 2. The third kappa shape index (κ3) is 5.02. The number of benzene rings is 1. The van der Waals surface area contributed by atoms with Gasteiger partial charge in [-0.25, -0.2) is 9.59 Å². The van der Waals surface area contributed by atoms with Gasteiger partial charge in [-0.3, -0.25) is 9.36 Å². The van der Waals surface area contributed by atoms with E-state index in [4.69, 9.17) is 9.57 Å². The monoisotopic (exact) mass is 430 g/mol. The fourth-order valence-corrected chi connectivity index (χ4v) is 2.58. The number of nitrogens with zero attached hydrogens (tertiary/aromatic N) is 2. The first-order chi connectivity index (χ1) is 14.0. The molecule has 0 amide bonds. The Hall–Kier alpha value is -3.24. The summed E-state index contributed by atoms with van der Waals surface area (Å²) in [4.78, 5) is 41.0. The summed E-state index contributed by atoms with van der Waals surface area (Å²) in [5.41, 5.74) is -2.68. The molecule has 0 aliphatic carbocycles. The highest BCUT2D eigenvalue weighted by Crippen LogP contribution is 2.27. The molecule has 8 nitrogen and oxygen atoms in total. The minimum atomic E-state index is -4.87. The van der Waals surface area contributed by atoms with Gasteiger partial charge in [-0.1, -0.05) is 23.8 Å². The van der Waals surface area contributed by atoms with Gasteiger partial charge in [-0.15, -0.1) is 0 Å². The van der Waals surface area contributed by atoms with Crippen LogP contribution >= 0.6 is 0 Å². The van der Waals surface area contributed by atoms with E-state index in [-0.39, 0.29) is 27.7 Å². The quantitative estimate of drug-likeness (QED) is 0.622. The van der Waals surface area contributed by atoms with Crippen LogP contribution in [0.4, 0.5) is 13.2 Å². The Morgan fingerprint density at radius 3 is 2.43 bits per heavy atom. The van der Waals surface area contributed by atoms with Crippen LogP contribution in [0.15, 0.2) is 33.9 Å². The first-order valence-electron chi connectivity index (χ1n) is 8.89. The second kappa shape index (κ2) is 9.06. The lowest BCUT2D eigenvalue weighted by Gasteiger charge is -2.18. The van der Waals surface area contributed by atoms with Gasteiger partial charge in [0.1, 0.15) is 18.1 Å². The van der Waals surface area contributed by atoms with Gasteiger partial charge >= 0.3 is 17.8 Å². The van der Waals surface area contributed by atoms with Crippen molar-refractivity contribution >= 4 is 5.97 Å². The maximum atomic E-state index is 12.9. The Balaban J connectivity index is 2.36. The lowest BCUT2D eigenvalue weighted by Crippen LogP contribution is -2.44. The molecule has 1 unspecified atom stereocenters. The highest BCUT2D eigenvalue weighted by Gasteiger charge is 2.35. The summed E-state index contributed by atoms with van der Waals surface area (Å²) in [7, 11) is 2.09. The first kappa shape index (κ1) is 23.0. The van der Waals surface area contributed by atoms with Crippen molar-refractivity contribution in [3.8, 4) is 5.75 Å². The fraction of sp³-hybridized carbons (Fsp3) is 0.421. The summed E-state index contributed by atoms with van der Waals surface area (Å²) in [5, 5.41) is 0. The number of hydrogen-bond donors (Lipinski definition) is 0. The molecule has 0 fully saturated rings. The number of alkyl halides is 3. The molecule has 0 aliphatic heterocycles. The standard InChI is InChI=1S/C19H21F3N2O6/c1-5-12-6-7-13(14(8-12)30-11(2)17(26)28-4)10-29-24-16(25)9-15(19(20,21)22)23(3)18(24)27/h6-9,11H,5,10H2,1-4H3. The number of rotatable bonds is 7. The minimum absolute atomic E-state index is 0.233. The summed E-state index contributed by atoms with van der Waals surface area (Å²) in [6, 6.07) is 5.30. The summed E-state index contributed by atoms with van der Waals surface area (Å²) in [6.45, 7) is 3.02. The number of carbonyl (C=O) groups excluding carboxylic acids is 1. The molecule has 30 heavy (non-hydrogen) atoms. The first-order valence-corrected chi connectivity index (χ1v) is 8.89. The Labute approximate surface area is 169 Å². The van der Waals surface area contributed by atoms with Crippen molar-refractivity contribution in [2.45, 2.75) is 39.2 Å². The van der Waals surface area contributed by atoms with Gasteiger partial charge in [0.15, 0.2) is 6.10 Å². The summed E-state index contributed by atoms with van der Waals surface area (Å²) < 4.78 is 49.5. The van der Waals surface area contributed by atoms with E-state index in [2.05, 4.69) is 4.74 Å². The zero-order valence-electron chi connectivity index (χ0n) is 16.8. The van der Waals surface area contributed by atoms with Crippen LogP contribution in [-0.4, -0.2) is 28.5 Å². The Morgan fingerprint density at radius 2 is 1.87 bits per heavy atom. The molecule has 1 atom stereocenters. The van der Waals surface area contributed by atoms with Crippen LogP contribution in [0.2, 0.25) is 0 Å². The molecule has 11 heteroatoms. The topological polar surface area (TPSA) is 88.8 Å². The maximum absolute atomic E-state index is 12.9. The lowest BCUT2D eigenvalue weighted by molar-refractivity contribution is -0.148. The summed E-state index contributed by atoms with van der Waals surface area (Å²) >= 11 is 0. The third-order valence-corrected chi connectivity index (χ3v) is 4.30. The molecular formula is C19H21F3N2O6. The summed E-state index contributed by atoms with van der Waals surface area (Å²) in [5.74, 6) is -0.361. The van der Waals surface area contributed by atoms with Crippen molar-refractivity contribution in [1.29, 1.82) is 0 Å². The van der Waals surface area contributed by atoms with Gasteiger partial charge in [-0.2, -0.15) is 13.2 Å². The normalized spacial score (nSPS) is 12.4. The van der Waals surface area contributed by atoms with Crippen molar-refractivity contribution in [3.05, 3.63) is 61.9 Å². The van der Waals surface area contributed by atoms with Gasteiger partial charge in [-0.05, 0) is 25.0 Å². The van der Waals surface area contributed by atoms with Crippen molar-refractivity contribution < 1.29 is 32.3 Å². The van der Waals surface area contributed by atoms with Crippen LogP contribution in [0.3, 0.4) is 0 Å². The zero-order chi connectivity index (χ0) is 22.6. The SMILES string of the molecule is CCc1ccc(COn2c(=O)cc(C(F)(F)F)n(C)c2=O)c(OC(C)C(=O)OC)c1. The van der Waals surface area contributed by atoms with Gasteiger partial charge in [0.25, 0.3) is 5.56 Å². The number of methoxy groups -OCH3 is 1. The molecule has 1 aromatic heterocycles. The van der Waals surface area contributed by atoms with E-state index in [0.717, 1.165) is 12.6 Å². The fourth-order valence-electron chi connectivity index (χ4n) is 2.58. The number of halogens is 3. The van der Waals surface area contributed by atoms with E-state index in [1.165, 1.54) is 14.0 Å². The zero-order valence-corrected chi connectivity index (χ0v) is 16.8. The van der Waals surface area contributed by atoms with E-state index in [1.807, 2.05) is 6.92 Å². The van der Waals surface area contributed by atoms with Gasteiger partial charge in [0.05, 0.1) is 7.11 Å². The second-order valence-electron chi connectivity index (χ2n) is 6.35. The van der Waals surface area contributed by atoms with E-state index in [9.17, 15) is 27.6 Å². The Bertz CT molecular complexity index is 1040. The number of esters is 1. The highest BCUT2D eigenvalue weighted by molar-refractivity contribution is 5.74. The number of ether oxygens (including phenoxy) is 2. The molecule has 0 N–H and O–H groups in total. The average Bonchev–Trinajstić information content (AvgIpc) is 2.69. The molecular weight excluding hydrogens is 409 g/mol. The molecule has 1 aromatic carbocycles. The van der Waals surface area contributed by atoms with Crippen molar-refractivity contribution in [2.24, 2.45) is 7.05 Å². The van der Waals surface area contributed by atoms with E-state index < -0.39 is 35.2 Å². The maximum Gasteiger partial charge on any atom is 0.431 e. The summed E-state index contributed by atoms with van der Waals surface area (Å²) in [6.07, 6.45) is -5.14. The van der Waals surface area contributed by atoms with Crippen LogP contribution in [0.1, 0.15) is 30.7 Å². The molecule has 0 saturated heterocycles. The van der Waals surface area contributed by atoms with E-state index in [1.54, 1.807) is 18.2 Å². The largest absolute Gasteiger partial charge is 0.479 e. The van der Waals surface area contributed by atoms with Crippen LogP contribution < -0.4 is 20.8 Å². The molecule has 2 rings (SSSR count). The average molecular weight is 430 g/mol. The second-order valence-corrected chi connectivity index (χ2v) is 6.35. The predicted molar refractivity (Wildman–Crippen MR) is 99.2 cm³/mol. The van der Waals surface area contributed by atoms with Crippen molar-refractivity contribution in [3.63, 3.8) is 0 Å². The van der Waals surface area contributed by atoms with Crippen molar-refractivity contribution in [2.75, 3.05) is 7.11 Å². The lowest BCUT2D eigenvalue weighted by atomic mass is 10.1. The van der Waals surface area contributed by atoms with Gasteiger partial charge in [0.2, 0.25) is 0 Å². The molecule has 0 aliphatic rings. The van der Waals surface area contributed by atoms with Crippen molar-refractivity contribution in [1.82, 2.24) is 9.30 Å². The predicted octanol–water partition coefficient (Wildman–Crippen LogP) is 1.70. The Morgan fingerprint density at radius 1 is 1.20 bits per heavy atom. The van der Waals surface area contributed by atoms with Crippen LogP contribution in [0, 0.1) is 0 Å². The van der Waals surface area contributed by atoms with Crippen LogP contribution in [0.25, 0.3) is 0 Å². The van der Waals surface area contributed by atoms with Crippen LogP contribution in [-0.2, 0) is 35.8 Å². The highest BCUT2D eigenvalue weighted by atomic mass is 19.4. The molecule has 0 radical (unpaired) electrons. The molecule has 1 heterocycles. The minimum Gasteiger partial charge on any atom is -0.479 e. The molecule has 164 valence electrons. The molecule has 2 aromatic rings. The number of hydrogen-bond acceptors (Lipinski definition) is 6. The number of aryl methyl sites for hydroxylation is 1. The van der Waals surface area contributed by atoms with E-state index >= 15 is 0 Å². The molecule has 0 bridgehead atoms. The van der Waals surface area contributed by atoms with Gasteiger partial charge < -0.3 is 14.3 Å². The third-order valence-electron chi connectivity index (χ3n) is 4.30. The molecule has 0 saturated carbocycles. The molecule has 0 spiro atoms. The van der Waals surface area contributed by atoms with Gasteiger partial charge in [0, 0.05) is 18.7 Å². The van der Waals surface area contributed by atoms with Crippen LogP contribution in [0.5, 0.6) is 5.75 Å². The smallest absolute Gasteiger partial charge is 0.431 e. The number of carbonyl (C=O) groups is 1. The Kier molecular flexibility index (Phi) is 6.96.